The summed E-state index contributed by atoms with van der Waals surface area (Å²) in [6, 6.07) is 8.06. The third-order valence-electron chi connectivity index (χ3n) is 4.36. The Bertz CT molecular complexity index is 690. The lowest BCUT2D eigenvalue weighted by Gasteiger charge is -2.38. The zero-order chi connectivity index (χ0) is 18.0. The molecule has 1 aliphatic heterocycles. The molecule has 0 amide bonds. The topological polar surface area (TPSA) is 134 Å². The minimum Gasteiger partial charge on any atom is -0.394 e. The molecule has 1 fully saturated rings. The molecule has 1 saturated heterocycles. The SMILES string of the molecule is CCc1ccc(Cc2nnn(C3OC(CO)C(O)C(O)C3O)n2)cc1. The van der Waals surface area contributed by atoms with Crippen LogP contribution >= 0.6 is 0 Å². The van der Waals surface area contributed by atoms with Crippen molar-refractivity contribution in [2.75, 3.05) is 6.61 Å². The molecule has 1 aliphatic rings. The van der Waals surface area contributed by atoms with Gasteiger partial charge in [-0.1, -0.05) is 31.2 Å². The highest BCUT2D eigenvalue weighted by Gasteiger charge is 2.45. The summed E-state index contributed by atoms with van der Waals surface area (Å²) in [5, 5.41) is 51.0. The molecule has 0 saturated carbocycles. The van der Waals surface area contributed by atoms with Crippen LogP contribution in [0.1, 0.15) is 30.1 Å². The number of benzene rings is 1. The molecule has 4 N–H and O–H groups in total. The van der Waals surface area contributed by atoms with E-state index >= 15 is 0 Å². The average Bonchev–Trinajstić information content (AvgIpc) is 3.09. The fraction of sp³-hybridized carbons (Fsp3) is 0.562. The Labute approximate surface area is 144 Å². The number of aryl methyl sites for hydroxylation is 1. The van der Waals surface area contributed by atoms with Gasteiger partial charge in [-0.25, -0.2) is 0 Å². The third-order valence-corrected chi connectivity index (χ3v) is 4.36. The van der Waals surface area contributed by atoms with Crippen LogP contribution in [0.25, 0.3) is 0 Å². The molecule has 0 aliphatic carbocycles. The second-order valence-electron chi connectivity index (χ2n) is 6.09. The molecule has 3 rings (SSSR count). The van der Waals surface area contributed by atoms with Gasteiger partial charge in [0.2, 0.25) is 0 Å². The molecular formula is C16H22N4O5. The highest BCUT2D eigenvalue weighted by Crippen LogP contribution is 2.27. The van der Waals surface area contributed by atoms with Gasteiger partial charge in [-0.05, 0) is 22.8 Å². The van der Waals surface area contributed by atoms with Gasteiger partial charge in [-0.2, -0.15) is 0 Å². The summed E-state index contributed by atoms with van der Waals surface area (Å²) < 4.78 is 5.40. The van der Waals surface area contributed by atoms with Crippen molar-refractivity contribution in [1.82, 2.24) is 20.2 Å². The van der Waals surface area contributed by atoms with Crippen molar-refractivity contribution in [2.24, 2.45) is 0 Å². The third kappa shape index (κ3) is 3.70. The Balaban J connectivity index is 1.73. The second-order valence-corrected chi connectivity index (χ2v) is 6.09. The molecule has 0 spiro atoms. The summed E-state index contributed by atoms with van der Waals surface area (Å²) in [6.07, 6.45) is -5.07. The van der Waals surface area contributed by atoms with Gasteiger partial charge in [0.25, 0.3) is 0 Å². The Morgan fingerprint density at radius 2 is 1.72 bits per heavy atom. The van der Waals surface area contributed by atoms with Gasteiger partial charge in [-0.3, -0.25) is 0 Å². The van der Waals surface area contributed by atoms with E-state index in [0.29, 0.717) is 12.2 Å². The summed E-state index contributed by atoms with van der Waals surface area (Å²) in [7, 11) is 0. The Kier molecular flexibility index (Phi) is 5.40. The first-order valence-electron chi connectivity index (χ1n) is 8.20. The number of aliphatic hydroxyl groups excluding tert-OH is 4. The van der Waals surface area contributed by atoms with E-state index in [0.717, 1.165) is 16.8 Å². The van der Waals surface area contributed by atoms with Crippen LogP contribution in [0.2, 0.25) is 0 Å². The van der Waals surface area contributed by atoms with Gasteiger partial charge in [0, 0.05) is 6.42 Å². The van der Waals surface area contributed by atoms with E-state index in [9.17, 15) is 20.4 Å². The van der Waals surface area contributed by atoms with E-state index in [4.69, 9.17) is 4.74 Å². The fourth-order valence-corrected chi connectivity index (χ4v) is 2.78. The summed E-state index contributed by atoms with van der Waals surface area (Å²) in [4.78, 5) is 1.05. The normalized spacial score (nSPS) is 29.7. The molecule has 25 heavy (non-hydrogen) atoms. The number of ether oxygens (including phenoxy) is 1. The van der Waals surface area contributed by atoms with Gasteiger partial charge in [0.05, 0.1) is 6.61 Å². The van der Waals surface area contributed by atoms with E-state index in [-0.39, 0.29) is 0 Å². The van der Waals surface area contributed by atoms with Crippen molar-refractivity contribution >= 4 is 0 Å². The number of hydrogen-bond donors (Lipinski definition) is 4. The number of tetrazole rings is 1. The molecule has 1 aromatic carbocycles. The van der Waals surface area contributed by atoms with Gasteiger partial charge in [0.15, 0.2) is 12.1 Å². The van der Waals surface area contributed by atoms with Crippen LogP contribution in [0.5, 0.6) is 0 Å². The number of aliphatic hydroxyl groups is 4. The predicted octanol–water partition coefficient (Wildman–Crippen LogP) is -1.20. The molecule has 9 heteroatoms. The van der Waals surface area contributed by atoms with Crippen molar-refractivity contribution < 1.29 is 25.2 Å². The van der Waals surface area contributed by atoms with Crippen LogP contribution in [0, 0.1) is 0 Å². The molecule has 5 atom stereocenters. The maximum Gasteiger partial charge on any atom is 0.199 e. The highest BCUT2D eigenvalue weighted by atomic mass is 16.6. The summed E-state index contributed by atoms with van der Waals surface area (Å²) in [6.45, 7) is 1.58. The summed E-state index contributed by atoms with van der Waals surface area (Å²) in [5.41, 5.74) is 2.26. The van der Waals surface area contributed by atoms with E-state index in [2.05, 4.69) is 22.3 Å². The van der Waals surface area contributed by atoms with Gasteiger partial charge < -0.3 is 25.2 Å². The van der Waals surface area contributed by atoms with Crippen molar-refractivity contribution in [2.45, 2.75) is 50.4 Å². The lowest BCUT2D eigenvalue weighted by molar-refractivity contribution is -0.257. The highest BCUT2D eigenvalue weighted by molar-refractivity contribution is 5.24. The smallest absolute Gasteiger partial charge is 0.199 e. The van der Waals surface area contributed by atoms with Crippen molar-refractivity contribution in [1.29, 1.82) is 0 Å². The van der Waals surface area contributed by atoms with E-state index in [1.165, 1.54) is 5.56 Å². The largest absolute Gasteiger partial charge is 0.394 e. The fourth-order valence-electron chi connectivity index (χ4n) is 2.78. The second kappa shape index (κ2) is 7.54. The van der Waals surface area contributed by atoms with Gasteiger partial charge >= 0.3 is 0 Å². The van der Waals surface area contributed by atoms with Crippen molar-refractivity contribution in [3.63, 3.8) is 0 Å². The van der Waals surface area contributed by atoms with Crippen LogP contribution in [0.3, 0.4) is 0 Å². The van der Waals surface area contributed by atoms with Crippen LogP contribution in [-0.4, -0.2) is 71.7 Å². The number of rotatable bonds is 5. The maximum atomic E-state index is 10.1. The standard InChI is InChI=1S/C16H22N4O5/c1-2-9-3-5-10(6-4-9)7-12-17-19-20(18-12)16-15(24)14(23)13(22)11(8-21)25-16/h3-6,11,13-16,21-24H,2,7-8H2,1H3. The van der Waals surface area contributed by atoms with E-state index in [1.807, 2.05) is 24.3 Å². The maximum absolute atomic E-state index is 10.1. The monoisotopic (exact) mass is 350 g/mol. The molecule has 5 unspecified atom stereocenters. The lowest BCUT2D eigenvalue weighted by atomic mass is 9.99. The Morgan fingerprint density at radius 3 is 2.36 bits per heavy atom. The zero-order valence-corrected chi connectivity index (χ0v) is 13.8. The van der Waals surface area contributed by atoms with Crippen molar-refractivity contribution in [3.8, 4) is 0 Å². The summed E-state index contributed by atoms with van der Waals surface area (Å²) in [5.74, 6) is 0.432. The van der Waals surface area contributed by atoms with Crippen molar-refractivity contribution in [3.05, 3.63) is 41.2 Å². The predicted molar refractivity (Wildman–Crippen MR) is 85.5 cm³/mol. The Morgan fingerprint density at radius 1 is 1.04 bits per heavy atom. The van der Waals surface area contributed by atoms with Crippen LogP contribution < -0.4 is 0 Å². The van der Waals surface area contributed by atoms with Gasteiger partial charge in [-0.15, -0.1) is 15.0 Å². The van der Waals surface area contributed by atoms with E-state index in [1.54, 1.807) is 0 Å². The first kappa shape index (κ1) is 17.9. The number of hydrogen-bond acceptors (Lipinski definition) is 8. The van der Waals surface area contributed by atoms with Crippen LogP contribution in [0.4, 0.5) is 0 Å². The molecule has 2 heterocycles. The number of aromatic nitrogens is 4. The van der Waals surface area contributed by atoms with E-state index < -0.39 is 37.3 Å². The minimum absolute atomic E-state index is 0.432. The molecular weight excluding hydrogens is 328 g/mol. The molecule has 0 bridgehead atoms. The minimum atomic E-state index is -1.48. The Hall–Kier alpha value is -1.91. The first-order valence-corrected chi connectivity index (χ1v) is 8.20. The summed E-state index contributed by atoms with van der Waals surface area (Å²) >= 11 is 0. The zero-order valence-electron chi connectivity index (χ0n) is 13.8. The molecule has 9 nitrogen and oxygen atoms in total. The quantitative estimate of drug-likeness (QED) is 0.528. The molecule has 0 radical (unpaired) electrons. The van der Waals surface area contributed by atoms with Gasteiger partial charge in [0.1, 0.15) is 24.4 Å². The molecule has 136 valence electrons. The first-order chi connectivity index (χ1) is 12.0. The lowest BCUT2D eigenvalue weighted by Crippen LogP contribution is -2.56. The molecule has 1 aromatic heterocycles. The van der Waals surface area contributed by atoms with Crippen LogP contribution in [0.15, 0.2) is 24.3 Å². The average molecular weight is 350 g/mol. The number of nitrogens with zero attached hydrogens (tertiary/aromatic N) is 4. The molecule has 2 aromatic rings. The van der Waals surface area contributed by atoms with Crippen LogP contribution in [-0.2, 0) is 17.6 Å².